The van der Waals surface area contributed by atoms with Crippen LogP contribution in [0.15, 0.2) is 12.3 Å². The van der Waals surface area contributed by atoms with Gasteiger partial charge in [-0.15, -0.1) is 0 Å². The Labute approximate surface area is 197 Å². The molecule has 11 heteroatoms. The van der Waals surface area contributed by atoms with Crippen LogP contribution in [0, 0.1) is 12.7 Å². The molecule has 4 rings (SSSR count). The molecule has 34 heavy (non-hydrogen) atoms. The Morgan fingerprint density at radius 3 is 2.62 bits per heavy atom. The maximum Gasteiger partial charge on any atom is 0.330 e. The van der Waals surface area contributed by atoms with Gasteiger partial charge < -0.3 is 25.0 Å². The maximum absolute atomic E-state index is 15.5. The van der Waals surface area contributed by atoms with E-state index in [-0.39, 0.29) is 42.5 Å². The van der Waals surface area contributed by atoms with Crippen LogP contribution in [-0.2, 0) is 6.54 Å². The third-order valence-corrected chi connectivity index (χ3v) is 6.35. The summed E-state index contributed by atoms with van der Waals surface area (Å²) in [4.78, 5) is 25.7. The summed E-state index contributed by atoms with van der Waals surface area (Å²) in [6.45, 7) is 1.45. The van der Waals surface area contributed by atoms with Crippen molar-refractivity contribution in [3.05, 3.63) is 29.2 Å². The lowest BCUT2D eigenvalue weighted by atomic mass is 10.1. The van der Waals surface area contributed by atoms with Gasteiger partial charge in [-0.1, -0.05) is 12.8 Å². The third kappa shape index (κ3) is 4.32. The van der Waals surface area contributed by atoms with Gasteiger partial charge in [-0.25, -0.2) is 14.2 Å². The van der Waals surface area contributed by atoms with Gasteiger partial charge in [0, 0.05) is 36.0 Å². The highest BCUT2D eigenvalue weighted by Crippen LogP contribution is 2.42. The average Bonchev–Trinajstić information content (AvgIpc) is 3.37. The number of urea groups is 1. The molecule has 1 aromatic heterocycles. The van der Waals surface area contributed by atoms with Crippen molar-refractivity contribution in [3.63, 3.8) is 0 Å². The quantitative estimate of drug-likeness (QED) is 0.533. The van der Waals surface area contributed by atoms with Gasteiger partial charge in [0.2, 0.25) is 5.95 Å². The highest BCUT2D eigenvalue weighted by molar-refractivity contribution is 6.06. The highest BCUT2D eigenvalue weighted by Gasteiger charge is 2.40. The molecule has 3 N–H and O–H groups in total. The number of hydrogen-bond acceptors (Lipinski definition) is 8. The number of aliphatic hydroxyl groups is 2. The largest absolute Gasteiger partial charge is 0.496 e. The van der Waals surface area contributed by atoms with Gasteiger partial charge in [0.05, 0.1) is 39.2 Å². The number of aliphatic hydroxyl groups excluding tert-OH is 2. The van der Waals surface area contributed by atoms with E-state index in [9.17, 15) is 9.90 Å². The van der Waals surface area contributed by atoms with E-state index in [1.165, 1.54) is 25.2 Å². The van der Waals surface area contributed by atoms with E-state index in [0.717, 1.165) is 25.7 Å². The minimum atomic E-state index is -0.961. The van der Waals surface area contributed by atoms with Gasteiger partial charge in [0.1, 0.15) is 11.6 Å². The Morgan fingerprint density at radius 1 is 1.26 bits per heavy atom. The lowest BCUT2D eigenvalue weighted by Crippen LogP contribution is -2.52. The number of halogens is 1. The van der Waals surface area contributed by atoms with Crippen LogP contribution in [0.5, 0.6) is 11.5 Å². The number of rotatable bonds is 8. The number of amides is 2. The SMILES string of the molecule is COc1cc(OC)c(F)c(N2Cc3cnc(NC[C@@H](O)CO)nc3N(C3CCCC3)C2=O)c1C. The molecule has 2 aliphatic rings. The zero-order chi connectivity index (χ0) is 24.4. The molecule has 1 aliphatic carbocycles. The van der Waals surface area contributed by atoms with Gasteiger partial charge >= 0.3 is 6.03 Å². The molecule has 0 radical (unpaired) electrons. The van der Waals surface area contributed by atoms with Crippen molar-refractivity contribution < 1.29 is 28.9 Å². The van der Waals surface area contributed by atoms with Crippen molar-refractivity contribution in [1.82, 2.24) is 9.97 Å². The molecule has 0 unspecified atom stereocenters. The number of fused-ring (bicyclic) bond motifs is 1. The molecule has 184 valence electrons. The molecule has 10 nitrogen and oxygen atoms in total. The number of hydrogen-bond donors (Lipinski definition) is 3. The lowest BCUT2D eigenvalue weighted by molar-refractivity contribution is 0.105. The van der Waals surface area contributed by atoms with Crippen molar-refractivity contribution >= 4 is 23.5 Å². The fourth-order valence-electron chi connectivity index (χ4n) is 4.57. The zero-order valence-corrected chi connectivity index (χ0v) is 19.5. The second-order valence-electron chi connectivity index (χ2n) is 8.51. The molecule has 1 aliphatic heterocycles. The summed E-state index contributed by atoms with van der Waals surface area (Å²) in [5.41, 5.74) is 1.25. The Kier molecular flexibility index (Phi) is 7.03. The molecule has 2 aromatic rings. The lowest BCUT2D eigenvalue weighted by Gasteiger charge is -2.40. The fraction of sp³-hybridized carbons (Fsp3) is 0.522. The first kappa shape index (κ1) is 24.0. The van der Waals surface area contributed by atoms with Crippen molar-refractivity contribution in [2.45, 2.75) is 51.3 Å². The normalized spacial score (nSPS) is 17.1. The summed E-state index contributed by atoms with van der Waals surface area (Å²) < 4.78 is 26.1. The molecule has 1 fully saturated rings. The Morgan fingerprint density at radius 2 is 1.97 bits per heavy atom. The first-order valence-electron chi connectivity index (χ1n) is 11.3. The molecule has 2 heterocycles. The van der Waals surface area contributed by atoms with Crippen LogP contribution in [0.25, 0.3) is 0 Å². The van der Waals surface area contributed by atoms with Crippen molar-refractivity contribution in [2.75, 3.05) is 42.5 Å². The van der Waals surface area contributed by atoms with Crippen molar-refractivity contribution in [3.8, 4) is 11.5 Å². The summed E-state index contributed by atoms with van der Waals surface area (Å²) in [7, 11) is 2.85. The number of benzene rings is 1. The molecule has 2 amide bonds. The second-order valence-corrected chi connectivity index (χ2v) is 8.51. The number of carbonyl (C=O) groups is 1. The molecule has 1 atom stereocenters. The Hall–Kier alpha value is -3.18. The molecule has 1 aromatic carbocycles. The first-order valence-corrected chi connectivity index (χ1v) is 11.3. The molecule has 0 spiro atoms. The van der Waals surface area contributed by atoms with E-state index in [2.05, 4.69) is 15.3 Å². The predicted molar refractivity (Wildman–Crippen MR) is 124 cm³/mol. The average molecular weight is 476 g/mol. The standard InChI is InChI=1S/C23H30FN5O5/c1-13-17(33-2)8-18(34-3)19(24)20(13)28-11-14-9-25-22(26-10-16(31)12-30)27-21(14)29(23(28)32)15-6-4-5-7-15/h8-9,15-16,30-31H,4-7,10-12H2,1-3H3,(H,25,26,27)/t16-/m1/s1. The number of ether oxygens (including phenoxy) is 2. The number of carbonyl (C=O) groups excluding carboxylic acids is 1. The summed E-state index contributed by atoms with van der Waals surface area (Å²) in [5.74, 6) is 0.471. The number of nitrogens with zero attached hydrogens (tertiary/aromatic N) is 4. The number of anilines is 3. The van der Waals surface area contributed by atoms with E-state index in [4.69, 9.17) is 14.6 Å². The molecule has 0 saturated heterocycles. The predicted octanol–water partition coefficient (Wildman–Crippen LogP) is 2.60. The zero-order valence-electron chi connectivity index (χ0n) is 19.5. The van der Waals surface area contributed by atoms with Gasteiger partial charge in [-0.3, -0.25) is 9.80 Å². The first-order chi connectivity index (χ1) is 16.4. The summed E-state index contributed by atoms with van der Waals surface area (Å²) >= 11 is 0. The van der Waals surface area contributed by atoms with Crippen LogP contribution in [0.4, 0.5) is 26.6 Å². The molecule has 1 saturated carbocycles. The van der Waals surface area contributed by atoms with Crippen LogP contribution < -0.4 is 24.6 Å². The Bertz CT molecular complexity index is 1030. The topological polar surface area (TPSA) is 120 Å². The molecular weight excluding hydrogens is 445 g/mol. The fourth-order valence-corrected chi connectivity index (χ4v) is 4.57. The van der Waals surface area contributed by atoms with Gasteiger partial charge in [-0.2, -0.15) is 4.98 Å². The molecular formula is C23H30FN5O5. The smallest absolute Gasteiger partial charge is 0.330 e. The maximum atomic E-state index is 15.5. The van der Waals surface area contributed by atoms with Crippen molar-refractivity contribution in [1.29, 1.82) is 0 Å². The van der Waals surface area contributed by atoms with Crippen LogP contribution >= 0.6 is 0 Å². The van der Waals surface area contributed by atoms with Gasteiger partial charge in [-0.05, 0) is 19.8 Å². The van der Waals surface area contributed by atoms with Crippen LogP contribution in [0.3, 0.4) is 0 Å². The summed E-state index contributed by atoms with van der Waals surface area (Å²) in [6, 6.07) is 1.01. The summed E-state index contributed by atoms with van der Waals surface area (Å²) in [6.07, 6.45) is 4.25. The number of aromatic nitrogens is 2. The van der Waals surface area contributed by atoms with E-state index in [0.29, 0.717) is 22.7 Å². The van der Waals surface area contributed by atoms with E-state index < -0.39 is 18.5 Å². The van der Waals surface area contributed by atoms with Crippen LogP contribution in [0.1, 0.15) is 36.8 Å². The monoisotopic (exact) mass is 475 g/mol. The third-order valence-electron chi connectivity index (χ3n) is 6.35. The number of nitrogens with one attached hydrogen (secondary N) is 1. The van der Waals surface area contributed by atoms with Crippen molar-refractivity contribution in [2.24, 2.45) is 0 Å². The van der Waals surface area contributed by atoms with E-state index in [1.54, 1.807) is 18.0 Å². The second kappa shape index (κ2) is 9.98. The van der Waals surface area contributed by atoms with Gasteiger partial charge in [0.15, 0.2) is 11.6 Å². The van der Waals surface area contributed by atoms with E-state index in [1.807, 2.05) is 0 Å². The summed E-state index contributed by atoms with van der Waals surface area (Å²) in [5, 5.41) is 21.6. The van der Waals surface area contributed by atoms with E-state index >= 15 is 4.39 Å². The highest BCUT2D eigenvalue weighted by atomic mass is 19.1. The van der Waals surface area contributed by atoms with Crippen LogP contribution in [-0.4, -0.2) is 65.7 Å². The minimum Gasteiger partial charge on any atom is -0.496 e. The minimum absolute atomic E-state index is 0.0123. The molecule has 0 bridgehead atoms. The number of methoxy groups -OCH3 is 2. The Balaban J connectivity index is 1.78. The van der Waals surface area contributed by atoms with Gasteiger partial charge in [0.25, 0.3) is 0 Å². The van der Waals surface area contributed by atoms with Crippen LogP contribution in [0.2, 0.25) is 0 Å².